The van der Waals surface area contributed by atoms with Crippen molar-refractivity contribution in [1.29, 1.82) is 10.5 Å². The highest BCUT2D eigenvalue weighted by Gasteiger charge is 2.38. The van der Waals surface area contributed by atoms with E-state index in [2.05, 4.69) is 169 Å². The van der Waals surface area contributed by atoms with Gasteiger partial charge in [0, 0.05) is 39.3 Å². The van der Waals surface area contributed by atoms with Gasteiger partial charge in [0.2, 0.25) is 0 Å². The van der Waals surface area contributed by atoms with Gasteiger partial charge in [0.1, 0.15) is 23.3 Å². The van der Waals surface area contributed by atoms with Crippen LogP contribution in [0.1, 0.15) is 42.4 Å². The molecular formula is C61H48B2N8. The molecule has 10 heteroatoms. The van der Waals surface area contributed by atoms with Crippen LogP contribution < -0.4 is 32.5 Å². The highest BCUT2D eigenvalue weighted by Crippen LogP contribution is 2.36. The Kier molecular flexibility index (Phi) is 12.8. The van der Waals surface area contributed by atoms with E-state index in [0.29, 0.717) is 21.9 Å². The summed E-state index contributed by atoms with van der Waals surface area (Å²) in [4.78, 5) is 20.0. The van der Waals surface area contributed by atoms with Crippen LogP contribution in [0.4, 0.5) is 5.69 Å². The molecule has 0 aliphatic carbocycles. The van der Waals surface area contributed by atoms with Crippen LogP contribution in [0.2, 0.25) is 0 Å². The number of hydrogen-bond donors (Lipinski definition) is 0. The minimum Gasteiger partial charge on any atom is -0.378 e. The third-order valence-electron chi connectivity index (χ3n) is 13.2. The molecule has 10 rings (SSSR count). The van der Waals surface area contributed by atoms with Crippen LogP contribution in [-0.2, 0) is 0 Å². The van der Waals surface area contributed by atoms with Crippen molar-refractivity contribution in [3.63, 3.8) is 0 Å². The molecule has 0 saturated carbocycles. The smallest absolute Gasteiger partial charge is 0.328 e. The van der Waals surface area contributed by atoms with Crippen molar-refractivity contribution >= 4 is 86.6 Å². The molecule has 0 N–H and O–H groups in total. The second-order valence-electron chi connectivity index (χ2n) is 17.9. The molecule has 0 atom stereocenters. The summed E-state index contributed by atoms with van der Waals surface area (Å²) in [6, 6.07) is 71.0. The van der Waals surface area contributed by atoms with Gasteiger partial charge in [-0.25, -0.2) is 20.0 Å². The number of hydrogen-bond acceptors (Lipinski definition) is 5. The van der Waals surface area contributed by atoms with Gasteiger partial charge in [0.25, 0.3) is 0 Å². The fourth-order valence-electron chi connectivity index (χ4n) is 10.1. The number of aryl methyl sites for hydroxylation is 2. The van der Waals surface area contributed by atoms with Crippen LogP contribution >= 0.6 is 0 Å². The van der Waals surface area contributed by atoms with Gasteiger partial charge in [-0.3, -0.25) is 0 Å². The van der Waals surface area contributed by atoms with E-state index >= 15 is 0 Å². The van der Waals surface area contributed by atoms with Crippen molar-refractivity contribution < 1.29 is 0 Å². The third-order valence-corrected chi connectivity index (χ3v) is 13.2. The minimum absolute atomic E-state index is 0.174. The van der Waals surface area contributed by atoms with Crippen molar-refractivity contribution in [3.05, 3.63) is 234 Å². The van der Waals surface area contributed by atoms with Crippen LogP contribution in [0.25, 0.3) is 44.1 Å². The summed E-state index contributed by atoms with van der Waals surface area (Å²) in [6.07, 6.45) is 1.79. The van der Waals surface area contributed by atoms with E-state index in [4.69, 9.17) is 15.0 Å². The van der Waals surface area contributed by atoms with Gasteiger partial charge in [0.05, 0.1) is 21.9 Å². The molecular weight excluding hydrogens is 866 g/mol. The number of nitrogens with zero attached hydrogens (tertiary/aromatic N) is 8. The first-order chi connectivity index (χ1) is 34.8. The van der Waals surface area contributed by atoms with E-state index < -0.39 is 13.7 Å². The molecule has 3 heterocycles. The average Bonchev–Trinajstić information content (AvgIpc) is 3.90. The Morgan fingerprint density at radius 3 is 1.61 bits per heavy atom. The Morgan fingerprint density at radius 2 is 1.08 bits per heavy atom. The Bertz CT molecular complexity index is 3790. The molecule has 10 aromatic rings. The zero-order chi connectivity index (χ0) is 49.0. The van der Waals surface area contributed by atoms with Crippen LogP contribution in [-0.4, -0.2) is 45.2 Å². The largest absolute Gasteiger partial charge is 0.378 e. The van der Waals surface area contributed by atoms with Gasteiger partial charge < -0.3 is 8.96 Å². The molecule has 0 radical (unpaired) electrons. The summed E-state index contributed by atoms with van der Waals surface area (Å²) in [5, 5.41) is 27.7. The Hall–Kier alpha value is -9.11. The first-order valence-electron chi connectivity index (χ1n) is 23.8. The molecule has 0 spiro atoms. The van der Waals surface area contributed by atoms with Crippen molar-refractivity contribution in [3.8, 4) is 23.4 Å². The molecule has 71 heavy (non-hydrogen) atoms. The second-order valence-corrected chi connectivity index (χ2v) is 17.9. The molecule has 0 amide bonds. The van der Waals surface area contributed by atoms with Gasteiger partial charge in [-0.2, -0.15) is 10.5 Å². The van der Waals surface area contributed by atoms with Crippen molar-refractivity contribution in [1.82, 2.24) is 18.9 Å². The maximum Gasteiger partial charge on any atom is 0.328 e. The third kappa shape index (κ3) is 8.36. The maximum atomic E-state index is 12.0. The first kappa shape index (κ1) is 45.7. The lowest BCUT2D eigenvalue weighted by Crippen LogP contribution is -2.55. The molecule has 3 aromatic heterocycles. The summed E-state index contributed by atoms with van der Waals surface area (Å²) in [7, 11) is 0. The van der Waals surface area contributed by atoms with E-state index in [1.165, 1.54) is 0 Å². The predicted octanol–water partition coefficient (Wildman–Crippen LogP) is 8.93. The second kappa shape index (κ2) is 19.9. The number of aromatic nitrogens is 4. The number of rotatable bonds is 11. The number of para-hydroxylation sites is 2. The normalized spacial score (nSPS) is 12.4. The average molecular weight is 915 g/mol. The van der Waals surface area contributed by atoms with Crippen LogP contribution in [0, 0.1) is 36.5 Å². The number of nitriles is 2. The molecule has 0 aliphatic heterocycles. The highest BCUT2D eigenvalue weighted by atomic mass is 15.0. The number of benzene rings is 7. The van der Waals surface area contributed by atoms with Crippen LogP contribution in [0.15, 0.2) is 210 Å². The van der Waals surface area contributed by atoms with Crippen molar-refractivity contribution in [2.45, 2.75) is 33.6 Å². The number of amidine groups is 1. The predicted molar refractivity (Wildman–Crippen MR) is 295 cm³/mol. The topological polar surface area (TPSA) is 108 Å². The number of fused-ring (bicyclic) bond motifs is 2. The standard InChI is InChI=1S/C61H48B2N8/c1-41(2)56-54-55(59(51(39-65)61-67-40-44-26-20-23-37-53(44)69-61)70(56)62(45-27-10-6-11-28-45)46-29-12-7-13-30-46)57(49-35-21-18-24-42(49)3)71(63(47-31-14-8-15-32-47)48-33-16-9-17-34-48)58(54)50(38-64)60(66-5)68-52-36-22-19-25-43(52)4/h6-37,40-41H,5H2,1-4H3/b58-50-,59-51-,68-60?. The minimum atomic E-state index is -0.509. The fraction of sp³-hybridized carbons (Fsp3) is 0.0820. The molecule has 0 aliphatic rings. The van der Waals surface area contributed by atoms with Gasteiger partial charge in [-0.1, -0.05) is 218 Å². The van der Waals surface area contributed by atoms with E-state index in [0.717, 1.165) is 66.1 Å². The SMILES string of the molecule is C=NC(=Nc1ccccc1C)/C(C#N)=c1/c2c(C(C)C)n(B(c3ccccc3)c3ccccc3)/c(=C(/C#N)c3ncc4ccccc4n3)c2c(-c2ccccc2C)n1B(c1ccccc1)c1ccccc1. The van der Waals surface area contributed by atoms with E-state index in [1.54, 1.807) is 6.20 Å². The van der Waals surface area contributed by atoms with E-state index in [1.807, 2.05) is 85.8 Å². The van der Waals surface area contributed by atoms with E-state index in [-0.39, 0.29) is 28.7 Å². The summed E-state index contributed by atoms with van der Waals surface area (Å²) >= 11 is 0. The lowest BCUT2D eigenvalue weighted by molar-refractivity contribution is 0.809. The van der Waals surface area contributed by atoms with Crippen LogP contribution in [0.3, 0.4) is 0 Å². The molecule has 0 bridgehead atoms. The number of aliphatic imine (C=N–C) groups is 2. The Labute approximate surface area is 414 Å². The molecule has 0 unspecified atom stereocenters. The van der Waals surface area contributed by atoms with Gasteiger partial charge in [0.15, 0.2) is 11.7 Å². The monoisotopic (exact) mass is 914 g/mol. The molecule has 338 valence electrons. The zero-order valence-corrected chi connectivity index (χ0v) is 40.1. The highest BCUT2D eigenvalue weighted by molar-refractivity contribution is 6.85. The molecule has 0 saturated heterocycles. The van der Waals surface area contributed by atoms with Gasteiger partial charge in [-0.15, -0.1) is 0 Å². The molecule has 8 nitrogen and oxygen atoms in total. The van der Waals surface area contributed by atoms with Gasteiger partial charge in [-0.05, 0) is 49.7 Å². The van der Waals surface area contributed by atoms with Crippen LogP contribution in [0.5, 0.6) is 0 Å². The maximum absolute atomic E-state index is 12.0. The lowest BCUT2D eigenvalue weighted by atomic mass is 9.50. The summed E-state index contributed by atoms with van der Waals surface area (Å²) in [6.45, 7) is 11.6. The molecule has 7 aromatic carbocycles. The summed E-state index contributed by atoms with van der Waals surface area (Å²) < 4.78 is 4.64. The first-order valence-corrected chi connectivity index (χ1v) is 23.8. The fourth-order valence-corrected chi connectivity index (χ4v) is 10.1. The Morgan fingerprint density at radius 1 is 0.577 bits per heavy atom. The zero-order valence-electron chi connectivity index (χ0n) is 40.1. The van der Waals surface area contributed by atoms with Crippen molar-refractivity contribution in [2.24, 2.45) is 9.98 Å². The Balaban J connectivity index is 1.59. The molecule has 0 fully saturated rings. The summed E-state index contributed by atoms with van der Waals surface area (Å²) in [5.74, 6) is 0.264. The summed E-state index contributed by atoms with van der Waals surface area (Å²) in [5.41, 5.74) is 10.4. The van der Waals surface area contributed by atoms with Gasteiger partial charge >= 0.3 is 13.7 Å². The van der Waals surface area contributed by atoms with E-state index in [9.17, 15) is 10.5 Å². The van der Waals surface area contributed by atoms with Crippen molar-refractivity contribution in [2.75, 3.05) is 0 Å². The quantitative estimate of drug-likeness (QED) is 0.0734. The lowest BCUT2D eigenvalue weighted by Gasteiger charge is -2.25.